The monoisotopic (exact) mass is 913 g/mol. The van der Waals surface area contributed by atoms with Crippen molar-refractivity contribution in [2.45, 2.75) is 103 Å². The van der Waals surface area contributed by atoms with Gasteiger partial charge in [-0.2, -0.15) is 0 Å². The van der Waals surface area contributed by atoms with E-state index in [0.29, 0.717) is 11.8 Å². The van der Waals surface area contributed by atoms with Crippen molar-refractivity contribution < 1.29 is 0 Å². The molecule has 350 valence electrons. The fourth-order valence-corrected chi connectivity index (χ4v) is 14.4. The largest absolute Gasteiger partial charge is 0.311 e. The zero-order valence-corrected chi connectivity index (χ0v) is 41.9. The minimum atomic E-state index is -0.156. The Bertz CT molecular complexity index is 3070. The second-order valence-electron chi connectivity index (χ2n) is 22.9. The van der Waals surface area contributed by atoms with Gasteiger partial charge in [-0.25, -0.2) is 0 Å². The summed E-state index contributed by atoms with van der Waals surface area (Å²) in [4.78, 5) is 4.92. The Labute approximate surface area is 418 Å². The van der Waals surface area contributed by atoms with Crippen molar-refractivity contribution in [3.8, 4) is 22.3 Å². The first-order chi connectivity index (χ1) is 34.1. The molecule has 4 aliphatic carbocycles. The topological polar surface area (TPSA) is 6.48 Å². The molecular weight excluding hydrogens is 845 g/mol. The van der Waals surface area contributed by atoms with Gasteiger partial charge in [0.1, 0.15) is 0 Å². The van der Waals surface area contributed by atoms with Gasteiger partial charge in [0.2, 0.25) is 0 Å². The van der Waals surface area contributed by atoms with E-state index in [1.54, 1.807) is 0 Å². The highest BCUT2D eigenvalue weighted by Crippen LogP contribution is 2.58. The van der Waals surface area contributed by atoms with E-state index < -0.39 is 0 Å². The van der Waals surface area contributed by atoms with Crippen molar-refractivity contribution in [3.05, 3.63) is 228 Å². The summed E-state index contributed by atoms with van der Waals surface area (Å²) in [6, 6.07) is 76.1. The van der Waals surface area contributed by atoms with E-state index in [1.165, 1.54) is 118 Å². The average Bonchev–Trinajstić information content (AvgIpc) is 4.10. The number of para-hydroxylation sites is 2. The molecular formula is C68H68N2. The number of hydrogen-bond acceptors (Lipinski definition) is 2. The zero-order chi connectivity index (χ0) is 47.6. The highest BCUT2D eigenvalue weighted by atomic mass is 15.1. The summed E-state index contributed by atoms with van der Waals surface area (Å²) in [5, 5.41) is 0. The number of anilines is 6. The molecule has 0 aromatic heterocycles. The Kier molecular flexibility index (Phi) is 11.2. The number of nitrogens with zero attached hydrogens (tertiary/aromatic N) is 2. The maximum atomic E-state index is 2.54. The van der Waals surface area contributed by atoms with Crippen LogP contribution in [-0.2, 0) is 10.8 Å². The van der Waals surface area contributed by atoms with Crippen molar-refractivity contribution in [3.63, 3.8) is 0 Å². The third-order valence-electron chi connectivity index (χ3n) is 17.6. The quantitative estimate of drug-likeness (QED) is 0.135. The van der Waals surface area contributed by atoms with Crippen LogP contribution in [0.5, 0.6) is 0 Å². The summed E-state index contributed by atoms with van der Waals surface area (Å²) in [5.41, 5.74) is 19.4. The summed E-state index contributed by atoms with van der Waals surface area (Å²) in [7, 11) is 0. The summed E-state index contributed by atoms with van der Waals surface area (Å²) >= 11 is 0. The molecule has 0 amide bonds. The standard InChI is InChI=1S/C68H68N2/c1-66(2,3)64-26-15-16-43-68(64,51-31-37-56(38-32-51)69(53-20-11-7-12-21-53)54-22-13-8-14-23-54)52-33-39-57(40-34-52)70(55-35-29-49(30-36-55)61-45-47-27-28-50(61)44-47)58-41-42-60-63(46-58)67(4,5)62-25-17-24-59(65(60)62)48-18-9-6-10-19-48/h6-14,17-25,29-42,46-47,50,61,64H,15-16,26-28,43-45H2,1-5H3. The maximum Gasteiger partial charge on any atom is 0.0465 e. The second kappa shape index (κ2) is 17.6. The molecule has 70 heavy (non-hydrogen) atoms. The van der Waals surface area contributed by atoms with Crippen LogP contribution in [0.1, 0.15) is 120 Å². The molecule has 0 heterocycles. The molecule has 0 aliphatic heterocycles. The van der Waals surface area contributed by atoms with Crippen LogP contribution in [0.2, 0.25) is 0 Å². The van der Waals surface area contributed by atoms with Gasteiger partial charge < -0.3 is 9.80 Å². The SMILES string of the molecule is CC1(C)c2cc(N(c3ccc(C4CC5CCC4C5)cc3)c3ccc(C4(c5ccc(N(c6ccccc6)c6ccccc6)cc5)CCCCC4C(C)(C)C)cc3)ccc2-c2c(-c3ccccc3)cccc21. The Morgan fingerprint density at radius 3 is 1.56 bits per heavy atom. The molecule has 12 rings (SSSR count). The number of benzene rings is 8. The number of rotatable bonds is 10. The lowest BCUT2D eigenvalue weighted by molar-refractivity contribution is 0.100. The van der Waals surface area contributed by atoms with Crippen LogP contribution in [0.4, 0.5) is 34.1 Å². The molecule has 3 saturated carbocycles. The normalized spacial score (nSPS) is 22.1. The molecule has 0 radical (unpaired) electrons. The maximum absolute atomic E-state index is 2.54. The van der Waals surface area contributed by atoms with Crippen LogP contribution < -0.4 is 9.80 Å². The van der Waals surface area contributed by atoms with Crippen LogP contribution in [0, 0.1) is 23.2 Å². The predicted molar refractivity (Wildman–Crippen MR) is 296 cm³/mol. The molecule has 2 nitrogen and oxygen atoms in total. The molecule has 8 aromatic rings. The molecule has 2 bridgehead atoms. The molecule has 4 aliphatic rings. The van der Waals surface area contributed by atoms with E-state index in [9.17, 15) is 0 Å². The van der Waals surface area contributed by atoms with E-state index in [0.717, 1.165) is 29.6 Å². The summed E-state index contributed by atoms with van der Waals surface area (Å²) < 4.78 is 0. The first-order valence-corrected chi connectivity index (χ1v) is 26.4. The van der Waals surface area contributed by atoms with E-state index in [1.807, 2.05) is 0 Å². The third-order valence-corrected chi connectivity index (χ3v) is 17.6. The fraction of sp³-hybridized carbons (Fsp3) is 0.294. The van der Waals surface area contributed by atoms with E-state index in [2.05, 4.69) is 245 Å². The van der Waals surface area contributed by atoms with Gasteiger partial charge in [0.15, 0.2) is 0 Å². The molecule has 5 atom stereocenters. The summed E-state index contributed by atoms with van der Waals surface area (Å²) in [6.45, 7) is 12.3. The molecule has 2 heteroatoms. The smallest absolute Gasteiger partial charge is 0.0465 e. The van der Waals surface area contributed by atoms with Gasteiger partial charge in [-0.05, 0) is 184 Å². The van der Waals surface area contributed by atoms with Crippen LogP contribution in [-0.4, -0.2) is 0 Å². The molecule has 0 N–H and O–H groups in total. The lowest BCUT2D eigenvalue weighted by Crippen LogP contribution is -2.45. The first-order valence-electron chi connectivity index (χ1n) is 26.4. The van der Waals surface area contributed by atoms with E-state index >= 15 is 0 Å². The van der Waals surface area contributed by atoms with Crippen molar-refractivity contribution in [1.82, 2.24) is 0 Å². The fourth-order valence-electron chi connectivity index (χ4n) is 14.4. The average molecular weight is 913 g/mol. The molecule has 0 spiro atoms. The minimum absolute atomic E-state index is 0.111. The van der Waals surface area contributed by atoms with Crippen molar-refractivity contribution >= 4 is 34.1 Å². The van der Waals surface area contributed by atoms with E-state index in [4.69, 9.17) is 0 Å². The van der Waals surface area contributed by atoms with Crippen LogP contribution in [0.3, 0.4) is 0 Å². The Hall–Kier alpha value is -6.64. The lowest BCUT2D eigenvalue weighted by atomic mass is 9.52. The molecule has 8 aromatic carbocycles. The highest BCUT2D eigenvalue weighted by Gasteiger charge is 2.48. The lowest BCUT2D eigenvalue weighted by Gasteiger charge is -2.51. The van der Waals surface area contributed by atoms with Gasteiger partial charge in [-0.3, -0.25) is 0 Å². The Morgan fingerprint density at radius 2 is 1.00 bits per heavy atom. The van der Waals surface area contributed by atoms with Crippen molar-refractivity contribution in [2.24, 2.45) is 23.2 Å². The predicted octanol–water partition coefficient (Wildman–Crippen LogP) is 19.0. The third kappa shape index (κ3) is 7.61. The number of hydrogen-bond donors (Lipinski definition) is 0. The molecule has 5 unspecified atom stereocenters. The second-order valence-corrected chi connectivity index (χ2v) is 22.9. The van der Waals surface area contributed by atoms with E-state index in [-0.39, 0.29) is 16.2 Å². The van der Waals surface area contributed by atoms with Gasteiger partial charge in [-0.15, -0.1) is 0 Å². The molecule has 3 fully saturated rings. The van der Waals surface area contributed by atoms with Crippen molar-refractivity contribution in [2.75, 3.05) is 9.80 Å². The van der Waals surface area contributed by atoms with Crippen LogP contribution in [0.15, 0.2) is 200 Å². The summed E-state index contributed by atoms with van der Waals surface area (Å²) in [5.74, 6) is 2.95. The number of fused-ring (bicyclic) bond motifs is 5. The Morgan fingerprint density at radius 1 is 0.457 bits per heavy atom. The van der Waals surface area contributed by atoms with Gasteiger partial charge in [-0.1, -0.05) is 181 Å². The van der Waals surface area contributed by atoms with Gasteiger partial charge >= 0.3 is 0 Å². The minimum Gasteiger partial charge on any atom is -0.311 e. The van der Waals surface area contributed by atoms with Gasteiger partial charge in [0.05, 0.1) is 0 Å². The van der Waals surface area contributed by atoms with Crippen LogP contribution >= 0.6 is 0 Å². The first kappa shape index (κ1) is 44.6. The molecule has 0 saturated heterocycles. The van der Waals surface area contributed by atoms with Crippen LogP contribution in [0.25, 0.3) is 22.3 Å². The zero-order valence-electron chi connectivity index (χ0n) is 41.9. The van der Waals surface area contributed by atoms with Gasteiger partial charge in [0.25, 0.3) is 0 Å². The van der Waals surface area contributed by atoms with Crippen molar-refractivity contribution in [1.29, 1.82) is 0 Å². The highest BCUT2D eigenvalue weighted by molar-refractivity contribution is 5.94. The van der Waals surface area contributed by atoms with Gasteiger partial charge in [0, 0.05) is 45.0 Å². The summed E-state index contributed by atoms with van der Waals surface area (Å²) in [6.07, 6.45) is 10.4. The Balaban J connectivity index is 0.961.